The Bertz CT molecular complexity index is 825. The second kappa shape index (κ2) is 6.82. The number of rotatable bonds is 3. The van der Waals surface area contributed by atoms with E-state index in [-0.39, 0.29) is 23.5 Å². The number of halogens is 1. The summed E-state index contributed by atoms with van der Waals surface area (Å²) in [7, 11) is 0. The van der Waals surface area contributed by atoms with E-state index in [2.05, 4.69) is 4.98 Å². The molecule has 1 aromatic heterocycles. The Hall–Kier alpha value is -2.43. The molecule has 1 aliphatic rings. The Morgan fingerprint density at radius 3 is 2.64 bits per heavy atom. The number of H-pyrrole nitrogens is 1. The van der Waals surface area contributed by atoms with Gasteiger partial charge in [0.2, 0.25) is 0 Å². The van der Waals surface area contributed by atoms with E-state index < -0.39 is 0 Å². The Balaban J connectivity index is 1.98. The first-order valence-corrected chi connectivity index (χ1v) is 8.66. The molecule has 1 amide bonds. The molecule has 2 aromatic rings. The van der Waals surface area contributed by atoms with Gasteiger partial charge in [-0.15, -0.1) is 0 Å². The molecule has 2 heterocycles. The van der Waals surface area contributed by atoms with Crippen molar-refractivity contribution in [3.8, 4) is 0 Å². The summed E-state index contributed by atoms with van der Waals surface area (Å²) < 4.78 is 13.6. The number of ketones is 1. The third kappa shape index (κ3) is 3.23. The van der Waals surface area contributed by atoms with E-state index in [0.29, 0.717) is 29.1 Å². The third-order valence-corrected chi connectivity index (χ3v) is 5.00. The molecule has 1 N–H and O–H groups in total. The molecule has 0 radical (unpaired) electrons. The zero-order chi connectivity index (χ0) is 18.1. The standard InChI is InChI=1S/C20H23FN2O2/c1-12-18(13(2)22-19(12)14(3)24)20(25)23-10-5-4-9-17(23)15-7-6-8-16(21)11-15/h6-8,11,17,22H,4-5,9-10H2,1-3H3/t17-/m1/s1. The lowest BCUT2D eigenvalue weighted by Gasteiger charge is -2.36. The zero-order valence-corrected chi connectivity index (χ0v) is 14.9. The third-order valence-electron chi connectivity index (χ3n) is 5.00. The van der Waals surface area contributed by atoms with Crippen molar-refractivity contribution in [3.05, 3.63) is 58.2 Å². The summed E-state index contributed by atoms with van der Waals surface area (Å²) >= 11 is 0. The van der Waals surface area contributed by atoms with Crippen molar-refractivity contribution >= 4 is 11.7 Å². The SMILES string of the molecule is CC(=O)c1[nH]c(C)c(C(=O)N2CCCC[C@@H]2c2cccc(F)c2)c1C. The molecule has 1 fully saturated rings. The summed E-state index contributed by atoms with van der Waals surface area (Å²) in [5.74, 6) is -0.462. The molecule has 1 aliphatic heterocycles. The maximum absolute atomic E-state index is 13.6. The van der Waals surface area contributed by atoms with Gasteiger partial charge in [-0.3, -0.25) is 9.59 Å². The normalized spacial score (nSPS) is 17.6. The molecule has 0 spiro atoms. The largest absolute Gasteiger partial charge is 0.355 e. The van der Waals surface area contributed by atoms with Gasteiger partial charge in [-0.25, -0.2) is 4.39 Å². The maximum Gasteiger partial charge on any atom is 0.256 e. The van der Waals surface area contributed by atoms with E-state index in [1.165, 1.54) is 19.1 Å². The number of hydrogen-bond acceptors (Lipinski definition) is 2. The second-order valence-corrected chi connectivity index (χ2v) is 6.75. The quantitative estimate of drug-likeness (QED) is 0.844. The number of piperidine rings is 1. The molecule has 0 unspecified atom stereocenters. The molecule has 1 saturated heterocycles. The number of nitrogens with zero attached hydrogens (tertiary/aromatic N) is 1. The number of nitrogens with one attached hydrogen (secondary N) is 1. The van der Waals surface area contributed by atoms with Crippen LogP contribution < -0.4 is 0 Å². The van der Waals surface area contributed by atoms with E-state index in [1.54, 1.807) is 13.0 Å². The number of aromatic amines is 1. The summed E-state index contributed by atoms with van der Waals surface area (Å²) in [4.78, 5) is 29.9. The van der Waals surface area contributed by atoms with Gasteiger partial charge < -0.3 is 9.88 Å². The summed E-state index contributed by atoms with van der Waals surface area (Å²) in [6, 6.07) is 6.35. The van der Waals surface area contributed by atoms with E-state index >= 15 is 0 Å². The van der Waals surface area contributed by atoms with Gasteiger partial charge in [-0.2, -0.15) is 0 Å². The van der Waals surface area contributed by atoms with Gasteiger partial charge >= 0.3 is 0 Å². The molecule has 132 valence electrons. The topological polar surface area (TPSA) is 53.2 Å². The van der Waals surface area contributed by atoms with Crippen LogP contribution in [0.2, 0.25) is 0 Å². The molecule has 25 heavy (non-hydrogen) atoms. The fourth-order valence-corrected chi connectivity index (χ4v) is 3.80. The van der Waals surface area contributed by atoms with Crippen LogP contribution in [0.1, 0.15) is 69.9 Å². The van der Waals surface area contributed by atoms with Crippen LogP contribution in [0.3, 0.4) is 0 Å². The van der Waals surface area contributed by atoms with Crippen LogP contribution in [0.5, 0.6) is 0 Å². The molecular weight excluding hydrogens is 319 g/mol. The predicted molar refractivity (Wildman–Crippen MR) is 94.3 cm³/mol. The Morgan fingerprint density at radius 2 is 2.00 bits per heavy atom. The van der Waals surface area contributed by atoms with Crippen molar-refractivity contribution in [1.82, 2.24) is 9.88 Å². The lowest BCUT2D eigenvalue weighted by Crippen LogP contribution is -2.39. The highest BCUT2D eigenvalue weighted by Crippen LogP contribution is 2.33. The van der Waals surface area contributed by atoms with Crippen molar-refractivity contribution < 1.29 is 14.0 Å². The van der Waals surface area contributed by atoms with E-state index in [9.17, 15) is 14.0 Å². The van der Waals surface area contributed by atoms with E-state index in [4.69, 9.17) is 0 Å². The first kappa shape index (κ1) is 17.4. The molecule has 0 aliphatic carbocycles. The number of likely N-dealkylation sites (tertiary alicyclic amines) is 1. The van der Waals surface area contributed by atoms with Crippen LogP contribution in [-0.2, 0) is 0 Å². The van der Waals surface area contributed by atoms with Crippen LogP contribution in [-0.4, -0.2) is 28.1 Å². The van der Waals surface area contributed by atoms with Gasteiger partial charge in [-0.05, 0) is 56.4 Å². The van der Waals surface area contributed by atoms with Crippen molar-refractivity contribution in [2.45, 2.75) is 46.1 Å². The number of benzene rings is 1. The fraction of sp³-hybridized carbons (Fsp3) is 0.400. The van der Waals surface area contributed by atoms with Gasteiger partial charge in [0.05, 0.1) is 17.3 Å². The number of Topliss-reactive ketones (excluding diaryl/α,β-unsaturated/α-hetero) is 1. The summed E-state index contributed by atoms with van der Waals surface area (Å²) in [6.45, 7) is 5.74. The summed E-state index contributed by atoms with van der Waals surface area (Å²) in [5, 5.41) is 0. The van der Waals surface area contributed by atoms with Crippen molar-refractivity contribution in [3.63, 3.8) is 0 Å². The predicted octanol–water partition coefficient (Wildman–Crippen LogP) is 4.34. The van der Waals surface area contributed by atoms with Crippen molar-refractivity contribution in [1.29, 1.82) is 0 Å². The number of carbonyl (C=O) groups excluding carboxylic acids is 2. The fourth-order valence-electron chi connectivity index (χ4n) is 3.80. The number of carbonyl (C=O) groups is 2. The minimum absolute atomic E-state index is 0.0834. The molecule has 0 saturated carbocycles. The van der Waals surface area contributed by atoms with Gasteiger partial charge in [0.25, 0.3) is 5.91 Å². The summed E-state index contributed by atoms with van der Waals surface area (Å²) in [5.41, 5.74) is 3.27. The highest BCUT2D eigenvalue weighted by Gasteiger charge is 2.32. The Labute approximate surface area is 147 Å². The average molecular weight is 342 g/mol. The van der Waals surface area contributed by atoms with Crippen LogP contribution in [0.25, 0.3) is 0 Å². The molecule has 1 aromatic carbocycles. The number of amides is 1. The first-order chi connectivity index (χ1) is 11.9. The van der Waals surface area contributed by atoms with Crippen LogP contribution >= 0.6 is 0 Å². The number of aryl methyl sites for hydroxylation is 1. The van der Waals surface area contributed by atoms with Gasteiger partial charge in [0, 0.05) is 19.2 Å². The molecule has 5 heteroatoms. The molecule has 3 rings (SSSR count). The Kier molecular flexibility index (Phi) is 4.75. The van der Waals surface area contributed by atoms with Crippen molar-refractivity contribution in [2.75, 3.05) is 6.54 Å². The number of hydrogen-bond donors (Lipinski definition) is 1. The second-order valence-electron chi connectivity index (χ2n) is 6.75. The van der Waals surface area contributed by atoms with Crippen molar-refractivity contribution in [2.24, 2.45) is 0 Å². The summed E-state index contributed by atoms with van der Waals surface area (Å²) in [6.07, 6.45) is 2.76. The lowest BCUT2D eigenvalue weighted by molar-refractivity contribution is 0.0610. The highest BCUT2D eigenvalue weighted by molar-refractivity contribution is 6.02. The minimum Gasteiger partial charge on any atom is -0.355 e. The molecule has 4 nitrogen and oxygen atoms in total. The Morgan fingerprint density at radius 1 is 1.24 bits per heavy atom. The van der Waals surface area contributed by atoms with Gasteiger partial charge in [-0.1, -0.05) is 12.1 Å². The van der Waals surface area contributed by atoms with E-state index in [0.717, 1.165) is 24.8 Å². The first-order valence-electron chi connectivity index (χ1n) is 8.66. The van der Waals surface area contributed by atoms with Crippen LogP contribution in [0.4, 0.5) is 4.39 Å². The van der Waals surface area contributed by atoms with E-state index in [1.807, 2.05) is 17.9 Å². The average Bonchev–Trinajstić information content (AvgIpc) is 2.89. The van der Waals surface area contributed by atoms with Crippen LogP contribution in [0.15, 0.2) is 24.3 Å². The van der Waals surface area contributed by atoms with Gasteiger partial charge in [0.15, 0.2) is 5.78 Å². The monoisotopic (exact) mass is 342 g/mol. The minimum atomic E-state index is -0.289. The van der Waals surface area contributed by atoms with Gasteiger partial charge in [0.1, 0.15) is 5.82 Å². The molecule has 0 bridgehead atoms. The number of aromatic nitrogens is 1. The smallest absolute Gasteiger partial charge is 0.256 e. The molecule has 1 atom stereocenters. The highest BCUT2D eigenvalue weighted by atomic mass is 19.1. The molecular formula is C20H23FN2O2. The lowest BCUT2D eigenvalue weighted by atomic mass is 9.94. The zero-order valence-electron chi connectivity index (χ0n) is 14.9. The van der Waals surface area contributed by atoms with Crippen LogP contribution in [0, 0.1) is 19.7 Å². The maximum atomic E-state index is 13.6.